The largest absolute Gasteiger partial charge is 0.504 e. The molecular formula is C13H10O5. The Balaban J connectivity index is 2.94. The predicted molar refractivity (Wildman–Crippen MR) is 65.1 cm³/mol. The van der Waals surface area contributed by atoms with Crippen molar-refractivity contribution in [2.45, 2.75) is 0 Å². The van der Waals surface area contributed by atoms with Crippen molar-refractivity contribution in [2.75, 3.05) is 0 Å². The number of hydrogen-bond acceptors (Lipinski definition) is 5. The molecule has 0 amide bonds. The lowest BCUT2D eigenvalue weighted by atomic mass is 10.1. The summed E-state index contributed by atoms with van der Waals surface area (Å²) in [5.74, 6) is -1.18. The zero-order valence-electron chi connectivity index (χ0n) is 9.20. The second kappa shape index (κ2) is 4.67. The lowest BCUT2D eigenvalue weighted by Crippen LogP contribution is -1.89. The van der Waals surface area contributed by atoms with Crippen LogP contribution in [-0.4, -0.2) is 15.3 Å². The molecule has 1 aromatic heterocycles. The summed E-state index contributed by atoms with van der Waals surface area (Å²) in [6.45, 7) is 0. The fourth-order valence-corrected chi connectivity index (χ4v) is 1.45. The second-order valence-electron chi connectivity index (χ2n) is 3.58. The molecule has 0 saturated heterocycles. The van der Waals surface area contributed by atoms with Crippen LogP contribution in [0.25, 0.3) is 10.8 Å². The Labute approximate surface area is 102 Å². The van der Waals surface area contributed by atoms with Gasteiger partial charge in [-0.05, 0) is 23.6 Å². The van der Waals surface area contributed by atoms with Gasteiger partial charge in [-0.2, -0.15) is 0 Å². The van der Waals surface area contributed by atoms with Crippen LogP contribution in [0, 0.1) is 0 Å². The molecule has 92 valence electrons. The molecule has 2 rings (SSSR count). The molecule has 0 aliphatic carbocycles. The molecule has 2 aromatic rings. The zero-order valence-corrected chi connectivity index (χ0v) is 9.20. The van der Waals surface area contributed by atoms with Crippen molar-refractivity contribution in [1.29, 1.82) is 0 Å². The number of phenols is 2. The minimum Gasteiger partial charge on any atom is -0.504 e. The lowest BCUT2D eigenvalue weighted by Gasteiger charge is -2.00. The van der Waals surface area contributed by atoms with E-state index in [2.05, 4.69) is 0 Å². The molecule has 0 unspecified atom stereocenters. The van der Waals surface area contributed by atoms with Gasteiger partial charge in [0.1, 0.15) is 0 Å². The molecule has 0 saturated carbocycles. The molecule has 5 heteroatoms. The van der Waals surface area contributed by atoms with Gasteiger partial charge in [0.15, 0.2) is 16.9 Å². The van der Waals surface area contributed by atoms with Crippen LogP contribution in [0.2, 0.25) is 0 Å². The van der Waals surface area contributed by atoms with E-state index in [0.717, 1.165) is 12.3 Å². The maximum Gasteiger partial charge on any atom is 0.289 e. The van der Waals surface area contributed by atoms with Crippen molar-refractivity contribution in [2.24, 2.45) is 0 Å². The monoisotopic (exact) mass is 246 g/mol. The first-order chi connectivity index (χ1) is 8.58. The number of rotatable bonds is 0. The van der Waals surface area contributed by atoms with Gasteiger partial charge in [-0.3, -0.25) is 4.79 Å². The third kappa shape index (κ3) is 2.35. The average Bonchev–Trinajstić information content (AvgIpc) is 2.32. The van der Waals surface area contributed by atoms with Crippen LogP contribution in [0.1, 0.15) is 0 Å². The van der Waals surface area contributed by atoms with E-state index in [1.54, 1.807) is 0 Å². The Bertz CT molecular complexity index is 701. The maximum absolute atomic E-state index is 11.2. The molecule has 0 atom stereocenters. The van der Waals surface area contributed by atoms with Gasteiger partial charge in [-0.25, -0.2) is 0 Å². The number of benzene rings is 1. The Morgan fingerprint density at radius 2 is 1.67 bits per heavy atom. The maximum atomic E-state index is 11.2. The summed E-state index contributed by atoms with van der Waals surface area (Å²) in [5.41, 5.74) is -0.300. The third-order valence-corrected chi connectivity index (χ3v) is 2.33. The van der Waals surface area contributed by atoms with Crippen molar-refractivity contribution in [1.82, 2.24) is 0 Å². The zero-order chi connectivity index (χ0) is 13.1. The fourth-order valence-electron chi connectivity index (χ4n) is 1.45. The minimum absolute atomic E-state index is 0.203. The standard InChI is InChI=1S/C13H10O5/c14-9-3-1-2-8-6-11(15)12(16)7-10(8)13(17)18-5-4-9/h1-7,15-17H. The van der Waals surface area contributed by atoms with Gasteiger partial charge in [-0.15, -0.1) is 0 Å². The number of phenolic OH excluding ortho intramolecular Hbond substituents is 2. The molecule has 0 radical (unpaired) electrons. The molecule has 0 aliphatic heterocycles. The SMILES string of the molecule is O=c1cccc2cc(O)c(O)cc2c(O)occ1. The molecular weight excluding hydrogens is 236 g/mol. The topological polar surface area (TPSA) is 90.9 Å². The third-order valence-electron chi connectivity index (χ3n) is 2.33. The molecule has 0 spiro atoms. The van der Waals surface area contributed by atoms with Crippen LogP contribution in [0.15, 0.2) is 51.9 Å². The van der Waals surface area contributed by atoms with Gasteiger partial charge in [0.05, 0.1) is 11.6 Å². The van der Waals surface area contributed by atoms with Crippen LogP contribution in [0.3, 0.4) is 0 Å². The number of aromatic hydroxyl groups is 3. The van der Waals surface area contributed by atoms with E-state index in [-0.39, 0.29) is 22.3 Å². The summed E-state index contributed by atoms with van der Waals surface area (Å²) in [6.07, 6.45) is 1.04. The van der Waals surface area contributed by atoms with Crippen LogP contribution in [0.5, 0.6) is 17.4 Å². The highest BCUT2D eigenvalue weighted by Gasteiger charge is 2.04. The summed E-state index contributed by atoms with van der Waals surface area (Å²) < 4.78 is 4.83. The molecule has 3 N–H and O–H groups in total. The first-order valence-electron chi connectivity index (χ1n) is 5.09. The molecule has 0 bridgehead atoms. The van der Waals surface area contributed by atoms with Crippen LogP contribution < -0.4 is 5.43 Å². The summed E-state index contributed by atoms with van der Waals surface area (Å²) in [4.78, 5) is 11.2. The summed E-state index contributed by atoms with van der Waals surface area (Å²) in [7, 11) is 0. The highest BCUT2D eigenvalue weighted by atomic mass is 16.5. The van der Waals surface area contributed by atoms with E-state index in [1.807, 2.05) is 0 Å². The van der Waals surface area contributed by atoms with E-state index in [1.165, 1.54) is 30.3 Å². The van der Waals surface area contributed by atoms with E-state index in [0.29, 0.717) is 5.39 Å². The van der Waals surface area contributed by atoms with Crippen molar-refractivity contribution in [3.05, 3.63) is 52.9 Å². The van der Waals surface area contributed by atoms with Crippen LogP contribution >= 0.6 is 0 Å². The number of fused-ring (bicyclic) bond motifs is 1. The van der Waals surface area contributed by atoms with Crippen LogP contribution in [0.4, 0.5) is 0 Å². The number of hydrogen-bond donors (Lipinski definition) is 3. The molecule has 1 heterocycles. The lowest BCUT2D eigenvalue weighted by molar-refractivity contribution is 0.331. The van der Waals surface area contributed by atoms with Gasteiger partial charge in [0.2, 0.25) is 0 Å². The van der Waals surface area contributed by atoms with Gasteiger partial charge in [-0.1, -0.05) is 12.1 Å². The van der Waals surface area contributed by atoms with Gasteiger partial charge >= 0.3 is 0 Å². The molecule has 0 fully saturated rings. The van der Waals surface area contributed by atoms with E-state index >= 15 is 0 Å². The minimum atomic E-state index is -0.476. The van der Waals surface area contributed by atoms with E-state index in [4.69, 9.17) is 4.42 Å². The summed E-state index contributed by atoms with van der Waals surface area (Å²) in [5, 5.41) is 29.1. The fraction of sp³-hybridized carbons (Fsp3) is 0. The van der Waals surface area contributed by atoms with Crippen LogP contribution in [-0.2, 0) is 0 Å². The first kappa shape index (κ1) is 11.8. The predicted octanol–water partition coefficient (Wildman–Crippen LogP) is 2.03. The van der Waals surface area contributed by atoms with Gasteiger partial charge in [0.25, 0.3) is 5.95 Å². The quantitative estimate of drug-likeness (QED) is 0.619. The normalized spacial score (nSPS) is 10.0. The Morgan fingerprint density at radius 1 is 0.944 bits per heavy atom. The Morgan fingerprint density at radius 3 is 2.44 bits per heavy atom. The molecule has 0 aliphatic rings. The Hall–Kier alpha value is -2.69. The highest BCUT2D eigenvalue weighted by Crippen LogP contribution is 2.32. The van der Waals surface area contributed by atoms with E-state index < -0.39 is 5.95 Å². The van der Waals surface area contributed by atoms with Gasteiger partial charge in [0, 0.05) is 6.07 Å². The smallest absolute Gasteiger partial charge is 0.289 e. The Kier molecular flexibility index (Phi) is 3.05. The summed E-state index contributed by atoms with van der Waals surface area (Å²) >= 11 is 0. The second-order valence-corrected chi connectivity index (χ2v) is 3.58. The van der Waals surface area contributed by atoms with Crippen molar-refractivity contribution in [3.63, 3.8) is 0 Å². The molecule has 18 heavy (non-hydrogen) atoms. The highest BCUT2D eigenvalue weighted by molar-refractivity contribution is 5.88. The van der Waals surface area contributed by atoms with Crippen molar-refractivity contribution in [3.8, 4) is 17.4 Å². The molecule has 1 aromatic carbocycles. The first-order valence-corrected chi connectivity index (χ1v) is 5.09. The van der Waals surface area contributed by atoms with Crippen molar-refractivity contribution < 1.29 is 19.7 Å². The van der Waals surface area contributed by atoms with Crippen molar-refractivity contribution >= 4 is 10.8 Å². The molecule has 5 nitrogen and oxygen atoms in total. The average molecular weight is 246 g/mol. The van der Waals surface area contributed by atoms with Gasteiger partial charge < -0.3 is 19.7 Å². The summed E-state index contributed by atoms with van der Waals surface area (Å²) in [6, 6.07) is 7.85. The van der Waals surface area contributed by atoms with E-state index in [9.17, 15) is 20.1 Å².